The molecule has 1 heterocycles. The average molecular weight is 358 g/mol. The third-order valence-corrected chi connectivity index (χ3v) is 6.07. The predicted molar refractivity (Wildman–Crippen MR) is 102 cm³/mol. The highest BCUT2D eigenvalue weighted by molar-refractivity contribution is 7.98. The van der Waals surface area contributed by atoms with Crippen molar-refractivity contribution in [2.75, 3.05) is 12.8 Å². The molecule has 3 aromatic rings. The van der Waals surface area contributed by atoms with Gasteiger partial charge in [-0.3, -0.25) is 4.79 Å². The van der Waals surface area contributed by atoms with E-state index >= 15 is 0 Å². The quantitative estimate of drug-likeness (QED) is 0.671. The molecule has 0 bridgehead atoms. The number of rotatable bonds is 5. The van der Waals surface area contributed by atoms with Gasteiger partial charge in [0.2, 0.25) is 0 Å². The first-order valence-corrected chi connectivity index (χ1v) is 9.68. The van der Waals surface area contributed by atoms with Crippen molar-refractivity contribution in [1.29, 1.82) is 0 Å². The molecule has 5 heteroatoms. The van der Waals surface area contributed by atoms with E-state index in [0.717, 1.165) is 19.9 Å². The Kier molecular flexibility index (Phi) is 4.94. The van der Waals surface area contributed by atoms with Crippen molar-refractivity contribution < 1.29 is 9.90 Å². The highest BCUT2D eigenvalue weighted by atomic mass is 32.2. The molecule has 1 atom stereocenters. The summed E-state index contributed by atoms with van der Waals surface area (Å²) in [7, 11) is 0. The summed E-state index contributed by atoms with van der Waals surface area (Å²) < 4.78 is 1.13. The number of benzene rings is 2. The fraction of sp³-hybridized carbons (Fsp3) is 0.211. The van der Waals surface area contributed by atoms with Crippen LogP contribution in [0.3, 0.4) is 0 Å². The van der Waals surface area contributed by atoms with Crippen LogP contribution in [0.1, 0.15) is 22.2 Å². The molecule has 0 fully saturated rings. The van der Waals surface area contributed by atoms with Gasteiger partial charge in [0, 0.05) is 14.5 Å². The van der Waals surface area contributed by atoms with Gasteiger partial charge in [-0.25, -0.2) is 0 Å². The maximum Gasteiger partial charge on any atom is 0.252 e. The number of carbonyl (C=O) groups is 1. The third-order valence-electron chi connectivity index (χ3n) is 3.90. The topological polar surface area (TPSA) is 49.3 Å². The molecule has 0 saturated heterocycles. The van der Waals surface area contributed by atoms with Gasteiger partial charge < -0.3 is 10.4 Å². The number of fused-ring (bicyclic) bond motifs is 1. The Labute approximate surface area is 149 Å². The number of thiophene rings is 1. The van der Waals surface area contributed by atoms with Crippen LogP contribution >= 0.6 is 23.1 Å². The number of thioether (sulfide) groups is 1. The highest BCUT2D eigenvalue weighted by Gasteiger charge is 2.26. The molecule has 1 unspecified atom stereocenters. The lowest BCUT2D eigenvalue weighted by atomic mass is 10.0. The number of amides is 1. The van der Waals surface area contributed by atoms with E-state index in [-0.39, 0.29) is 12.5 Å². The first-order valence-electron chi connectivity index (χ1n) is 7.64. The van der Waals surface area contributed by atoms with Crippen LogP contribution in [0.25, 0.3) is 10.1 Å². The molecular formula is C19H19NO2S2. The van der Waals surface area contributed by atoms with E-state index in [0.29, 0.717) is 5.56 Å². The second-order valence-electron chi connectivity index (χ2n) is 5.81. The molecule has 0 radical (unpaired) electrons. The minimum atomic E-state index is -1.10. The third kappa shape index (κ3) is 3.48. The van der Waals surface area contributed by atoms with Crippen molar-refractivity contribution in [3.63, 3.8) is 0 Å². The Balaban J connectivity index is 1.76. The molecule has 1 aromatic heterocycles. The Bertz CT molecular complexity index is 837. The fourth-order valence-electron chi connectivity index (χ4n) is 2.51. The predicted octanol–water partition coefficient (Wildman–Crippen LogP) is 4.26. The van der Waals surface area contributed by atoms with E-state index in [1.54, 1.807) is 24.3 Å². The molecule has 2 N–H and O–H groups in total. The van der Waals surface area contributed by atoms with Crippen LogP contribution in [-0.4, -0.2) is 23.8 Å². The number of aliphatic hydroxyl groups is 1. The number of hydrogen-bond donors (Lipinski definition) is 2. The van der Waals surface area contributed by atoms with E-state index in [9.17, 15) is 9.90 Å². The molecule has 124 valence electrons. The smallest absolute Gasteiger partial charge is 0.252 e. The molecule has 0 aliphatic carbocycles. The number of hydrogen-bond acceptors (Lipinski definition) is 4. The van der Waals surface area contributed by atoms with Crippen LogP contribution in [-0.2, 0) is 5.60 Å². The van der Waals surface area contributed by atoms with E-state index in [1.165, 1.54) is 11.8 Å². The van der Waals surface area contributed by atoms with Gasteiger partial charge >= 0.3 is 0 Å². The summed E-state index contributed by atoms with van der Waals surface area (Å²) in [6.45, 7) is 1.90. The highest BCUT2D eigenvalue weighted by Crippen LogP contribution is 2.33. The summed E-state index contributed by atoms with van der Waals surface area (Å²) in [5.41, 5.74) is -0.467. The van der Waals surface area contributed by atoms with Gasteiger partial charge in [0.15, 0.2) is 0 Å². The standard InChI is InChI=1S/C19H19NO2S2/c1-19(22,17-11-13-7-3-5-9-15(13)24-17)12-20-18(21)14-8-4-6-10-16(14)23-2/h3-11,22H,12H2,1-2H3,(H,20,21). The van der Waals surface area contributed by atoms with Crippen molar-refractivity contribution in [1.82, 2.24) is 5.32 Å². The Hall–Kier alpha value is -1.82. The van der Waals surface area contributed by atoms with E-state index in [1.807, 2.05) is 54.8 Å². The molecule has 2 aromatic carbocycles. The van der Waals surface area contributed by atoms with Crippen LogP contribution in [0.4, 0.5) is 0 Å². The SMILES string of the molecule is CSc1ccccc1C(=O)NCC(C)(O)c1cc2ccccc2s1. The second kappa shape index (κ2) is 6.97. The summed E-state index contributed by atoms with van der Waals surface area (Å²) >= 11 is 3.09. The Morgan fingerprint density at radius 3 is 2.67 bits per heavy atom. The average Bonchev–Trinajstić information content (AvgIpc) is 3.05. The summed E-state index contributed by atoms with van der Waals surface area (Å²) in [5.74, 6) is -0.165. The molecule has 0 saturated carbocycles. The van der Waals surface area contributed by atoms with Gasteiger partial charge in [0.05, 0.1) is 12.1 Å². The molecule has 0 aliphatic rings. The number of carbonyl (C=O) groups excluding carboxylic acids is 1. The number of nitrogens with one attached hydrogen (secondary N) is 1. The minimum absolute atomic E-state index is 0.165. The normalized spacial score (nSPS) is 13.6. The molecule has 3 nitrogen and oxygen atoms in total. The second-order valence-corrected chi connectivity index (χ2v) is 7.74. The van der Waals surface area contributed by atoms with Crippen LogP contribution in [0.15, 0.2) is 59.5 Å². The van der Waals surface area contributed by atoms with Gasteiger partial charge in [-0.15, -0.1) is 23.1 Å². The minimum Gasteiger partial charge on any atom is -0.383 e. The van der Waals surface area contributed by atoms with Gasteiger partial charge in [-0.05, 0) is 42.8 Å². The summed E-state index contributed by atoms with van der Waals surface area (Å²) in [5, 5.41) is 14.8. The van der Waals surface area contributed by atoms with Gasteiger partial charge in [0.25, 0.3) is 5.91 Å². The van der Waals surface area contributed by atoms with Gasteiger partial charge in [-0.1, -0.05) is 30.3 Å². The molecule has 0 spiro atoms. The van der Waals surface area contributed by atoms with E-state index < -0.39 is 5.60 Å². The zero-order chi connectivity index (χ0) is 17.2. The maximum atomic E-state index is 12.4. The summed E-state index contributed by atoms with van der Waals surface area (Å²) in [6.07, 6.45) is 1.94. The van der Waals surface area contributed by atoms with E-state index in [2.05, 4.69) is 5.32 Å². The van der Waals surface area contributed by atoms with Crippen molar-refractivity contribution in [3.05, 3.63) is 65.0 Å². The van der Waals surface area contributed by atoms with Gasteiger partial charge in [0.1, 0.15) is 5.60 Å². The van der Waals surface area contributed by atoms with Crippen molar-refractivity contribution in [2.45, 2.75) is 17.4 Å². The zero-order valence-electron chi connectivity index (χ0n) is 13.6. The lowest BCUT2D eigenvalue weighted by Gasteiger charge is -2.22. The summed E-state index contributed by atoms with van der Waals surface area (Å²) in [6, 6.07) is 17.5. The molecular weight excluding hydrogens is 338 g/mol. The first kappa shape index (κ1) is 17.0. The zero-order valence-corrected chi connectivity index (χ0v) is 15.2. The Morgan fingerprint density at radius 2 is 1.92 bits per heavy atom. The van der Waals surface area contributed by atoms with Crippen LogP contribution in [0.2, 0.25) is 0 Å². The maximum absolute atomic E-state index is 12.4. The Morgan fingerprint density at radius 1 is 1.21 bits per heavy atom. The van der Waals surface area contributed by atoms with E-state index in [4.69, 9.17) is 0 Å². The van der Waals surface area contributed by atoms with Crippen molar-refractivity contribution >= 4 is 39.1 Å². The molecule has 0 aliphatic heterocycles. The summed E-state index contributed by atoms with van der Waals surface area (Å²) in [4.78, 5) is 14.2. The largest absolute Gasteiger partial charge is 0.383 e. The first-order chi connectivity index (χ1) is 11.5. The van der Waals surface area contributed by atoms with Crippen LogP contribution in [0, 0.1) is 0 Å². The van der Waals surface area contributed by atoms with Crippen molar-refractivity contribution in [3.8, 4) is 0 Å². The molecule has 3 rings (SSSR count). The lowest BCUT2D eigenvalue weighted by Crippen LogP contribution is -2.38. The lowest BCUT2D eigenvalue weighted by molar-refractivity contribution is 0.0556. The monoisotopic (exact) mass is 357 g/mol. The van der Waals surface area contributed by atoms with Crippen LogP contribution in [0.5, 0.6) is 0 Å². The van der Waals surface area contributed by atoms with Crippen LogP contribution < -0.4 is 5.32 Å². The molecule has 1 amide bonds. The fourth-order valence-corrected chi connectivity index (χ4v) is 4.22. The van der Waals surface area contributed by atoms with Gasteiger partial charge in [-0.2, -0.15) is 0 Å². The molecule has 24 heavy (non-hydrogen) atoms. The van der Waals surface area contributed by atoms with Crippen molar-refractivity contribution in [2.24, 2.45) is 0 Å².